The first-order valence-corrected chi connectivity index (χ1v) is 12.9. The highest BCUT2D eigenvalue weighted by atomic mass is 31.3. The molecule has 1 unspecified atom stereocenters. The van der Waals surface area contributed by atoms with Crippen molar-refractivity contribution in [2.45, 2.75) is 42.9 Å². The minimum Gasteiger partial charge on any atom is -0.394 e. The molecular weight excluding hydrogens is 538 g/mol. The number of hydrogen-bond donors (Lipinski definition) is 8. The van der Waals surface area contributed by atoms with Crippen LogP contribution in [-0.4, -0.2) is 111 Å². The van der Waals surface area contributed by atoms with Crippen molar-refractivity contribution in [2.75, 3.05) is 13.2 Å². The van der Waals surface area contributed by atoms with Gasteiger partial charge in [0.05, 0.1) is 25.9 Å². The van der Waals surface area contributed by atoms with Gasteiger partial charge in [-0.2, -0.15) is 4.31 Å². The monoisotopic (exact) mass is 560 g/mol. The number of H-pyrrole nitrogens is 1. The summed E-state index contributed by atoms with van der Waals surface area (Å²) in [5.41, 5.74) is -0.634. The van der Waals surface area contributed by atoms with Gasteiger partial charge in [0.15, 0.2) is 29.8 Å². The number of nitrogens with zero attached hydrogens (tertiary/aromatic N) is 3. The van der Waals surface area contributed by atoms with Crippen LogP contribution in [0.5, 0.6) is 0 Å². The van der Waals surface area contributed by atoms with Crippen molar-refractivity contribution in [1.29, 1.82) is 0 Å². The molecule has 8 N–H and O–H groups in total. The Morgan fingerprint density at radius 1 is 1.22 bits per heavy atom. The molecule has 36 heavy (non-hydrogen) atoms. The number of fused-ring (bicyclic) bond motifs is 1. The molecule has 1 aliphatic heterocycles. The number of rotatable bonds is 12. The van der Waals surface area contributed by atoms with E-state index in [-0.39, 0.29) is 17.5 Å². The van der Waals surface area contributed by atoms with Gasteiger partial charge in [-0.25, -0.2) is 19.1 Å². The van der Waals surface area contributed by atoms with Crippen molar-refractivity contribution in [2.24, 2.45) is 0 Å². The number of aldehydes is 1. The standard InChI is InChI=1S/C15H22N4O15P2/c20-1-6(22)12(7(2-21)33-36(29,30)34-35(26,27)28)31-3-8-10(23)11(24)15(32-8)19-5-18-9-13(19)16-4-17-14(9)25/h2,4-8,10-12,15,20,22-24H,1,3H2,(H,29,30)(H,16,17,25)(H2,26,27,28)/t6-,7+,8-,10-,11-,12-,15-/m1/s1. The van der Waals surface area contributed by atoms with E-state index in [1.54, 1.807) is 0 Å². The van der Waals surface area contributed by atoms with Crippen LogP contribution >= 0.6 is 15.6 Å². The third kappa shape index (κ3) is 6.48. The molecule has 2 aromatic rings. The van der Waals surface area contributed by atoms with Gasteiger partial charge in [-0.15, -0.1) is 0 Å². The van der Waals surface area contributed by atoms with Crippen molar-refractivity contribution in [3.63, 3.8) is 0 Å². The van der Waals surface area contributed by atoms with Crippen LogP contribution < -0.4 is 5.56 Å². The number of aliphatic hydroxyl groups excluding tert-OH is 4. The molecule has 1 aliphatic rings. The first-order chi connectivity index (χ1) is 16.8. The van der Waals surface area contributed by atoms with Crippen molar-refractivity contribution in [3.8, 4) is 0 Å². The van der Waals surface area contributed by atoms with Gasteiger partial charge in [0.1, 0.15) is 30.5 Å². The number of carbonyl (C=O) groups is 1. The van der Waals surface area contributed by atoms with E-state index in [9.17, 15) is 44.0 Å². The highest BCUT2D eigenvalue weighted by Crippen LogP contribution is 2.58. The average molecular weight is 560 g/mol. The summed E-state index contributed by atoms with van der Waals surface area (Å²) >= 11 is 0. The summed E-state index contributed by atoms with van der Waals surface area (Å²) < 4.78 is 42.6. The number of aliphatic hydroxyl groups is 4. The zero-order chi connectivity index (χ0) is 26.8. The Morgan fingerprint density at radius 2 is 1.92 bits per heavy atom. The molecule has 0 bridgehead atoms. The number of carbonyl (C=O) groups excluding carboxylic acids is 1. The van der Waals surface area contributed by atoms with Crippen LogP contribution in [0.1, 0.15) is 6.23 Å². The molecule has 3 heterocycles. The summed E-state index contributed by atoms with van der Waals surface area (Å²) in [5, 5.41) is 40.1. The average Bonchev–Trinajstić information content (AvgIpc) is 3.33. The van der Waals surface area contributed by atoms with Crippen LogP contribution in [0, 0.1) is 0 Å². The van der Waals surface area contributed by atoms with Crippen LogP contribution in [0.2, 0.25) is 0 Å². The highest BCUT2D eigenvalue weighted by molar-refractivity contribution is 7.60. The molecule has 8 atom stereocenters. The Bertz CT molecular complexity index is 1220. The van der Waals surface area contributed by atoms with E-state index in [1.807, 2.05) is 0 Å². The molecule has 3 rings (SSSR count). The van der Waals surface area contributed by atoms with Gasteiger partial charge >= 0.3 is 15.6 Å². The zero-order valence-electron chi connectivity index (χ0n) is 17.8. The molecule has 202 valence electrons. The molecule has 0 aromatic carbocycles. The molecule has 21 heteroatoms. The van der Waals surface area contributed by atoms with Crippen LogP contribution in [0.4, 0.5) is 0 Å². The molecule has 19 nitrogen and oxygen atoms in total. The molecule has 1 saturated heterocycles. The maximum absolute atomic E-state index is 11.8. The summed E-state index contributed by atoms with van der Waals surface area (Å²) in [6.45, 7) is -1.77. The fourth-order valence-electron chi connectivity index (χ4n) is 3.35. The predicted octanol–water partition coefficient (Wildman–Crippen LogP) is -3.73. The van der Waals surface area contributed by atoms with Crippen molar-refractivity contribution in [3.05, 3.63) is 23.0 Å². The van der Waals surface area contributed by atoms with Gasteiger partial charge in [-0.3, -0.25) is 13.9 Å². The van der Waals surface area contributed by atoms with Gasteiger partial charge in [0.25, 0.3) is 5.56 Å². The van der Waals surface area contributed by atoms with Gasteiger partial charge in [0, 0.05) is 0 Å². The van der Waals surface area contributed by atoms with E-state index in [0.717, 1.165) is 17.2 Å². The van der Waals surface area contributed by atoms with E-state index in [0.29, 0.717) is 0 Å². The van der Waals surface area contributed by atoms with Gasteiger partial charge in [-0.1, -0.05) is 0 Å². The number of nitrogens with one attached hydrogen (secondary N) is 1. The quantitative estimate of drug-likeness (QED) is 0.0914. The normalized spacial score (nSPS) is 27.0. The SMILES string of the molecule is O=C[C@H](OP(=O)(O)OP(=O)(O)O)[C@H](OC[C@H]1O[C@@H](n2cnc3c(=O)[nH]cnc32)[C@H](O)[C@@H]1O)[C@H](O)CO. The summed E-state index contributed by atoms with van der Waals surface area (Å²) in [7, 11) is -11.1. The second kappa shape index (κ2) is 11.2. The molecular formula is C15H22N4O15P2. The van der Waals surface area contributed by atoms with E-state index in [1.165, 1.54) is 0 Å². The molecule has 2 aromatic heterocycles. The molecule has 0 saturated carbocycles. The summed E-state index contributed by atoms with van der Waals surface area (Å²) in [6.07, 6.45) is -9.97. The minimum atomic E-state index is -5.57. The smallest absolute Gasteiger partial charge is 0.394 e. The number of aromatic amines is 1. The molecule has 0 spiro atoms. The topological polar surface area (TPSA) is 293 Å². The van der Waals surface area contributed by atoms with E-state index < -0.39 is 77.3 Å². The Kier molecular flexibility index (Phi) is 8.90. The van der Waals surface area contributed by atoms with E-state index in [4.69, 9.17) is 19.3 Å². The zero-order valence-corrected chi connectivity index (χ0v) is 19.6. The number of phosphoric acid groups is 2. The molecule has 0 aliphatic carbocycles. The Balaban J connectivity index is 1.75. The van der Waals surface area contributed by atoms with Crippen molar-refractivity contribution < 1.29 is 67.3 Å². The third-order valence-corrected chi connectivity index (χ3v) is 7.10. The number of phosphoric ester groups is 1. The summed E-state index contributed by atoms with van der Waals surface area (Å²) in [4.78, 5) is 60.2. The first kappa shape index (κ1) is 28.6. The van der Waals surface area contributed by atoms with Crippen molar-refractivity contribution in [1.82, 2.24) is 19.5 Å². The lowest BCUT2D eigenvalue weighted by molar-refractivity contribution is -0.149. The molecule has 0 amide bonds. The first-order valence-electron chi connectivity index (χ1n) is 9.83. The van der Waals surface area contributed by atoms with E-state index in [2.05, 4.69) is 23.8 Å². The lowest BCUT2D eigenvalue weighted by Gasteiger charge is -2.29. The van der Waals surface area contributed by atoms with E-state index >= 15 is 0 Å². The largest absolute Gasteiger partial charge is 0.481 e. The summed E-state index contributed by atoms with van der Waals surface area (Å²) in [6, 6.07) is 0. The fraction of sp³-hybridized carbons (Fsp3) is 0.600. The number of aromatic nitrogens is 4. The van der Waals surface area contributed by atoms with Gasteiger partial charge in [0.2, 0.25) is 0 Å². The number of imidazole rings is 1. The predicted molar refractivity (Wildman–Crippen MR) is 111 cm³/mol. The van der Waals surface area contributed by atoms with Gasteiger partial charge in [-0.05, 0) is 0 Å². The molecule has 1 fully saturated rings. The second-order valence-electron chi connectivity index (χ2n) is 7.40. The maximum Gasteiger partial charge on any atom is 0.481 e. The number of hydrogen-bond acceptors (Lipinski definition) is 14. The maximum atomic E-state index is 11.8. The highest BCUT2D eigenvalue weighted by Gasteiger charge is 2.46. The summed E-state index contributed by atoms with van der Waals surface area (Å²) in [5.74, 6) is 0. The lowest BCUT2D eigenvalue weighted by atomic mass is 10.1. The Morgan fingerprint density at radius 3 is 2.53 bits per heavy atom. The third-order valence-electron chi connectivity index (χ3n) is 4.92. The number of ether oxygens (including phenoxy) is 2. The Labute approximate surface area is 199 Å². The molecule has 0 radical (unpaired) electrons. The van der Waals surface area contributed by atoms with Crippen LogP contribution in [0.3, 0.4) is 0 Å². The Hall–Kier alpha value is -1.96. The van der Waals surface area contributed by atoms with Crippen LogP contribution in [0.15, 0.2) is 17.4 Å². The second-order valence-corrected chi connectivity index (χ2v) is 10.2. The van der Waals surface area contributed by atoms with Crippen molar-refractivity contribution >= 4 is 33.1 Å². The minimum absolute atomic E-state index is 0.0170. The van der Waals surface area contributed by atoms with Crippen LogP contribution in [-0.2, 0) is 32.2 Å². The fourth-order valence-corrected chi connectivity index (χ4v) is 5.06. The lowest BCUT2D eigenvalue weighted by Crippen LogP contribution is -2.46. The van der Waals surface area contributed by atoms with Crippen LogP contribution in [0.25, 0.3) is 11.2 Å². The van der Waals surface area contributed by atoms with Gasteiger partial charge < -0.3 is 54.4 Å².